The van der Waals surface area contributed by atoms with Crippen LogP contribution in [0.1, 0.15) is 6.92 Å². The van der Waals surface area contributed by atoms with Crippen LogP contribution >= 0.6 is 0 Å². The number of amides is 2. The molecule has 0 aliphatic carbocycles. The number of esters is 2. The molecule has 0 heterocycles. The summed E-state index contributed by atoms with van der Waals surface area (Å²) in [6, 6.07) is 0. The van der Waals surface area contributed by atoms with Gasteiger partial charge in [0.15, 0.2) is 13.2 Å². The molecular weight excluding hydrogens is 336 g/mol. The van der Waals surface area contributed by atoms with Gasteiger partial charge >= 0.3 is 11.9 Å². The normalized spacial score (nSPS) is 10.8. The van der Waals surface area contributed by atoms with E-state index >= 15 is 0 Å². The van der Waals surface area contributed by atoms with Crippen LogP contribution in [0.15, 0.2) is 11.6 Å². The van der Waals surface area contributed by atoms with Crippen molar-refractivity contribution in [2.45, 2.75) is 6.92 Å². The average molecular weight is 360 g/mol. The Morgan fingerprint density at radius 3 is 1.80 bits per heavy atom. The van der Waals surface area contributed by atoms with Crippen LogP contribution in [-0.4, -0.2) is 77.5 Å². The van der Waals surface area contributed by atoms with Gasteiger partial charge in [-0.1, -0.05) is 0 Å². The largest absolute Gasteiger partial charge is 0.452 e. The molecular formula is C15H24N2O8. The first-order valence-electron chi connectivity index (χ1n) is 7.44. The van der Waals surface area contributed by atoms with Gasteiger partial charge in [-0.2, -0.15) is 0 Å². The molecule has 0 aliphatic heterocycles. The Balaban J connectivity index is 4.10. The molecule has 25 heavy (non-hydrogen) atoms. The van der Waals surface area contributed by atoms with Crippen LogP contribution in [0.2, 0.25) is 0 Å². The fourth-order valence-electron chi connectivity index (χ4n) is 1.35. The predicted octanol–water partition coefficient (Wildman–Crippen LogP) is -1.46. The van der Waals surface area contributed by atoms with E-state index in [2.05, 4.69) is 15.4 Å². The fourth-order valence-corrected chi connectivity index (χ4v) is 1.35. The molecule has 0 rings (SSSR count). The molecule has 0 radical (unpaired) electrons. The number of rotatable bonds is 12. The maximum Gasteiger partial charge on any atom is 0.334 e. The van der Waals surface area contributed by atoms with Gasteiger partial charge in [-0.05, 0) is 6.92 Å². The molecule has 0 aromatic carbocycles. The first kappa shape index (κ1) is 22.5. The Kier molecular flexibility index (Phi) is 12.6. The zero-order valence-electron chi connectivity index (χ0n) is 14.6. The Bertz CT molecular complexity index is 490. The first-order valence-corrected chi connectivity index (χ1v) is 7.44. The average Bonchev–Trinajstić information content (AvgIpc) is 2.58. The number of carbonyl (C=O) groups excluding carboxylic acids is 4. The summed E-state index contributed by atoms with van der Waals surface area (Å²) in [6.45, 7) is 1.62. The van der Waals surface area contributed by atoms with Crippen molar-refractivity contribution in [1.29, 1.82) is 0 Å². The maximum absolute atomic E-state index is 11.6. The SMILES string of the molecule is COCCNC(=O)COC(=O)/C=C(\C)C(=O)OCC(=O)NCCOC. The van der Waals surface area contributed by atoms with E-state index in [1.807, 2.05) is 0 Å². The number of hydrogen-bond acceptors (Lipinski definition) is 8. The highest BCUT2D eigenvalue weighted by molar-refractivity contribution is 5.97. The van der Waals surface area contributed by atoms with Crippen molar-refractivity contribution >= 4 is 23.8 Å². The second-order valence-electron chi connectivity index (χ2n) is 4.70. The molecule has 0 aliphatic rings. The third kappa shape index (κ3) is 12.6. The second-order valence-corrected chi connectivity index (χ2v) is 4.70. The van der Waals surface area contributed by atoms with Crippen LogP contribution in [0.5, 0.6) is 0 Å². The smallest absolute Gasteiger partial charge is 0.334 e. The lowest BCUT2D eigenvalue weighted by Crippen LogP contribution is -2.31. The minimum atomic E-state index is -0.874. The van der Waals surface area contributed by atoms with Crippen LogP contribution in [0.3, 0.4) is 0 Å². The van der Waals surface area contributed by atoms with Crippen molar-refractivity contribution in [3.63, 3.8) is 0 Å². The molecule has 0 saturated heterocycles. The number of carbonyl (C=O) groups is 4. The third-order valence-corrected chi connectivity index (χ3v) is 2.59. The van der Waals surface area contributed by atoms with Crippen molar-refractivity contribution in [3.8, 4) is 0 Å². The lowest BCUT2D eigenvalue weighted by molar-refractivity contribution is -0.146. The highest BCUT2D eigenvalue weighted by Crippen LogP contribution is 1.98. The van der Waals surface area contributed by atoms with Crippen LogP contribution in [0, 0.1) is 0 Å². The highest BCUT2D eigenvalue weighted by atomic mass is 16.5. The minimum absolute atomic E-state index is 0.0607. The molecule has 0 aromatic heterocycles. The Hall–Kier alpha value is -2.46. The molecule has 0 saturated carbocycles. The van der Waals surface area contributed by atoms with Gasteiger partial charge in [0.25, 0.3) is 11.8 Å². The van der Waals surface area contributed by atoms with Crippen molar-refractivity contribution in [2.75, 3.05) is 53.7 Å². The molecule has 0 aromatic rings. The molecule has 2 N–H and O–H groups in total. The molecule has 0 bridgehead atoms. The van der Waals surface area contributed by atoms with Crippen molar-refractivity contribution in [1.82, 2.24) is 10.6 Å². The van der Waals surface area contributed by atoms with Crippen molar-refractivity contribution in [3.05, 3.63) is 11.6 Å². The Morgan fingerprint density at radius 2 is 1.32 bits per heavy atom. The lowest BCUT2D eigenvalue weighted by Gasteiger charge is -2.07. The summed E-state index contributed by atoms with van der Waals surface area (Å²) in [7, 11) is 2.98. The predicted molar refractivity (Wildman–Crippen MR) is 85.4 cm³/mol. The topological polar surface area (TPSA) is 129 Å². The summed E-state index contributed by atoms with van der Waals surface area (Å²) >= 11 is 0. The lowest BCUT2D eigenvalue weighted by atomic mass is 10.3. The Morgan fingerprint density at radius 1 is 0.840 bits per heavy atom. The zero-order chi connectivity index (χ0) is 19.1. The number of nitrogens with one attached hydrogen (secondary N) is 2. The maximum atomic E-state index is 11.6. The van der Waals surface area contributed by atoms with Crippen molar-refractivity contribution in [2.24, 2.45) is 0 Å². The van der Waals surface area contributed by atoms with Gasteiger partial charge in [0.05, 0.1) is 13.2 Å². The summed E-state index contributed by atoms with van der Waals surface area (Å²) in [5.41, 5.74) is -0.0607. The van der Waals surface area contributed by atoms with E-state index in [0.29, 0.717) is 26.3 Å². The Labute approximate surface area is 145 Å². The van der Waals surface area contributed by atoms with E-state index in [1.165, 1.54) is 21.1 Å². The van der Waals surface area contributed by atoms with E-state index < -0.39 is 37.0 Å². The monoisotopic (exact) mass is 360 g/mol. The standard InChI is InChI=1S/C15H24N2O8/c1-11(15(21)25-10-13(19)17-5-7-23-3)8-14(20)24-9-12(18)16-4-6-22-2/h8H,4-7,9-10H2,1-3H3,(H,16,18)(H,17,19)/b11-8+. The van der Waals surface area contributed by atoms with E-state index in [0.717, 1.165) is 6.08 Å². The van der Waals surface area contributed by atoms with E-state index in [4.69, 9.17) is 14.2 Å². The summed E-state index contributed by atoms with van der Waals surface area (Å²) in [5, 5.41) is 4.93. The molecule has 0 fully saturated rings. The van der Waals surface area contributed by atoms with E-state index in [9.17, 15) is 19.2 Å². The fraction of sp³-hybridized carbons (Fsp3) is 0.600. The molecule has 10 nitrogen and oxygen atoms in total. The molecule has 0 unspecified atom stereocenters. The van der Waals surface area contributed by atoms with Crippen LogP contribution in [-0.2, 0) is 38.1 Å². The van der Waals surface area contributed by atoms with Crippen LogP contribution in [0.25, 0.3) is 0 Å². The molecule has 142 valence electrons. The first-order chi connectivity index (χ1) is 11.9. The quantitative estimate of drug-likeness (QED) is 0.245. The van der Waals surface area contributed by atoms with Gasteiger partial charge in [-0.3, -0.25) is 9.59 Å². The van der Waals surface area contributed by atoms with E-state index in [-0.39, 0.29) is 5.57 Å². The van der Waals surface area contributed by atoms with Crippen LogP contribution in [0.4, 0.5) is 0 Å². The van der Waals surface area contributed by atoms with Crippen LogP contribution < -0.4 is 10.6 Å². The summed E-state index contributed by atoms with van der Waals surface area (Å²) in [6.07, 6.45) is 0.883. The number of ether oxygens (including phenoxy) is 4. The number of hydrogen-bond donors (Lipinski definition) is 2. The molecule has 10 heteroatoms. The zero-order valence-corrected chi connectivity index (χ0v) is 14.6. The summed E-state index contributed by atoms with van der Waals surface area (Å²) in [5.74, 6) is -2.70. The van der Waals surface area contributed by atoms with Crippen molar-refractivity contribution < 1.29 is 38.1 Å². The molecule has 2 amide bonds. The summed E-state index contributed by atoms with van der Waals surface area (Å²) < 4.78 is 18.9. The van der Waals surface area contributed by atoms with Gasteiger partial charge in [0.2, 0.25) is 0 Å². The molecule has 0 atom stereocenters. The highest BCUT2D eigenvalue weighted by Gasteiger charge is 2.12. The van der Waals surface area contributed by atoms with Gasteiger partial charge in [-0.15, -0.1) is 0 Å². The van der Waals surface area contributed by atoms with Gasteiger partial charge in [0.1, 0.15) is 0 Å². The number of methoxy groups -OCH3 is 2. The van der Waals surface area contributed by atoms with Gasteiger partial charge < -0.3 is 29.6 Å². The summed E-state index contributed by atoms with van der Waals surface area (Å²) in [4.78, 5) is 45.8. The van der Waals surface area contributed by atoms with E-state index in [1.54, 1.807) is 0 Å². The van der Waals surface area contributed by atoms with Gasteiger partial charge in [-0.25, -0.2) is 9.59 Å². The third-order valence-electron chi connectivity index (χ3n) is 2.59. The second kappa shape index (κ2) is 13.9. The molecule has 0 spiro atoms. The minimum Gasteiger partial charge on any atom is -0.452 e. The van der Waals surface area contributed by atoms with Gasteiger partial charge in [0, 0.05) is 39.0 Å².